The SMILES string of the molecule is CC1CNC(C2CCCCC2)CN1C(C)(C)CC(C)(C)C. The fourth-order valence-corrected chi connectivity index (χ4v) is 4.98. The Morgan fingerprint density at radius 1 is 1.00 bits per heavy atom. The maximum absolute atomic E-state index is 3.86. The molecule has 0 aromatic heterocycles. The molecule has 0 aromatic carbocycles. The van der Waals surface area contributed by atoms with Gasteiger partial charge in [-0.3, -0.25) is 4.90 Å². The predicted molar refractivity (Wildman–Crippen MR) is 92.7 cm³/mol. The molecule has 2 atom stereocenters. The molecule has 2 unspecified atom stereocenters. The van der Waals surface area contributed by atoms with Crippen molar-refractivity contribution in [3.8, 4) is 0 Å². The van der Waals surface area contributed by atoms with Gasteiger partial charge in [0.25, 0.3) is 0 Å². The van der Waals surface area contributed by atoms with E-state index in [4.69, 9.17) is 0 Å². The maximum Gasteiger partial charge on any atom is 0.0224 e. The third kappa shape index (κ3) is 4.69. The molecule has 2 nitrogen and oxygen atoms in total. The van der Waals surface area contributed by atoms with E-state index >= 15 is 0 Å². The zero-order valence-electron chi connectivity index (χ0n) is 15.3. The van der Waals surface area contributed by atoms with Crippen LogP contribution in [0, 0.1) is 11.3 Å². The van der Waals surface area contributed by atoms with Crippen LogP contribution in [0.4, 0.5) is 0 Å². The summed E-state index contributed by atoms with van der Waals surface area (Å²) in [6.45, 7) is 16.8. The van der Waals surface area contributed by atoms with E-state index in [2.05, 4.69) is 51.8 Å². The second kappa shape index (κ2) is 6.58. The van der Waals surface area contributed by atoms with E-state index in [0.29, 0.717) is 17.0 Å². The van der Waals surface area contributed by atoms with Crippen LogP contribution in [0.3, 0.4) is 0 Å². The summed E-state index contributed by atoms with van der Waals surface area (Å²) in [5.41, 5.74) is 0.696. The largest absolute Gasteiger partial charge is 0.311 e. The highest BCUT2D eigenvalue weighted by Gasteiger charge is 2.39. The molecule has 21 heavy (non-hydrogen) atoms. The van der Waals surface area contributed by atoms with E-state index < -0.39 is 0 Å². The predicted octanol–water partition coefficient (Wildman–Crippen LogP) is 4.44. The van der Waals surface area contributed by atoms with E-state index in [9.17, 15) is 0 Å². The lowest BCUT2D eigenvalue weighted by Crippen LogP contribution is -2.64. The van der Waals surface area contributed by atoms with Crippen LogP contribution >= 0.6 is 0 Å². The van der Waals surface area contributed by atoms with Crippen LogP contribution in [0.2, 0.25) is 0 Å². The summed E-state index contributed by atoms with van der Waals surface area (Å²) in [7, 11) is 0. The second-order valence-electron chi connectivity index (χ2n) is 9.46. The molecule has 2 fully saturated rings. The van der Waals surface area contributed by atoms with Crippen molar-refractivity contribution in [2.75, 3.05) is 13.1 Å². The summed E-state index contributed by atoms with van der Waals surface area (Å²) < 4.78 is 0. The molecule has 0 amide bonds. The number of nitrogens with one attached hydrogen (secondary N) is 1. The van der Waals surface area contributed by atoms with Crippen LogP contribution in [0.1, 0.15) is 80.1 Å². The second-order valence-corrected chi connectivity index (χ2v) is 9.46. The van der Waals surface area contributed by atoms with Crippen molar-refractivity contribution in [2.45, 2.75) is 97.7 Å². The third-order valence-corrected chi connectivity index (χ3v) is 5.56. The van der Waals surface area contributed by atoms with E-state index in [1.165, 1.54) is 45.1 Å². The fourth-order valence-electron chi connectivity index (χ4n) is 4.98. The molecule has 1 N–H and O–H groups in total. The van der Waals surface area contributed by atoms with E-state index in [1.54, 1.807) is 0 Å². The molecule has 0 aromatic rings. The van der Waals surface area contributed by atoms with Crippen LogP contribution in [-0.2, 0) is 0 Å². The van der Waals surface area contributed by atoms with Crippen molar-refractivity contribution >= 4 is 0 Å². The van der Waals surface area contributed by atoms with Gasteiger partial charge in [-0.2, -0.15) is 0 Å². The van der Waals surface area contributed by atoms with Gasteiger partial charge in [-0.15, -0.1) is 0 Å². The first-order valence-corrected chi connectivity index (χ1v) is 9.19. The standard InChI is InChI=1S/C19H38N2/c1-15-12-20-17(16-10-8-7-9-11-16)13-21(15)19(5,6)14-18(2,3)4/h15-17,20H,7-14H2,1-6H3. The zero-order chi connectivity index (χ0) is 15.7. The maximum atomic E-state index is 3.86. The van der Waals surface area contributed by atoms with Gasteiger partial charge in [0.2, 0.25) is 0 Å². The van der Waals surface area contributed by atoms with Gasteiger partial charge in [-0.25, -0.2) is 0 Å². The first kappa shape index (κ1) is 17.3. The lowest BCUT2D eigenvalue weighted by atomic mass is 9.78. The molecular weight excluding hydrogens is 256 g/mol. The van der Waals surface area contributed by atoms with Crippen LogP contribution in [0.15, 0.2) is 0 Å². The fraction of sp³-hybridized carbons (Fsp3) is 1.00. The lowest BCUT2D eigenvalue weighted by molar-refractivity contribution is 0.000897. The molecule has 2 rings (SSSR count). The molecule has 2 heteroatoms. The zero-order valence-corrected chi connectivity index (χ0v) is 15.3. The average molecular weight is 295 g/mol. The first-order valence-electron chi connectivity index (χ1n) is 9.19. The van der Waals surface area contributed by atoms with Crippen LogP contribution < -0.4 is 5.32 Å². The summed E-state index contributed by atoms with van der Waals surface area (Å²) >= 11 is 0. The van der Waals surface area contributed by atoms with Gasteiger partial charge in [0, 0.05) is 30.7 Å². The highest BCUT2D eigenvalue weighted by molar-refractivity contribution is 4.96. The summed E-state index contributed by atoms with van der Waals surface area (Å²) in [5.74, 6) is 0.916. The van der Waals surface area contributed by atoms with Crippen molar-refractivity contribution in [3.63, 3.8) is 0 Å². The lowest BCUT2D eigenvalue weighted by Gasteiger charge is -2.51. The van der Waals surface area contributed by atoms with Gasteiger partial charge in [0.15, 0.2) is 0 Å². The molecule has 124 valence electrons. The van der Waals surface area contributed by atoms with Gasteiger partial charge in [-0.1, -0.05) is 40.0 Å². The highest BCUT2D eigenvalue weighted by Crippen LogP contribution is 2.35. The Balaban J connectivity index is 2.03. The minimum atomic E-state index is 0.298. The summed E-state index contributed by atoms with van der Waals surface area (Å²) in [6.07, 6.45) is 8.51. The Morgan fingerprint density at radius 3 is 2.19 bits per heavy atom. The van der Waals surface area contributed by atoms with Gasteiger partial charge in [-0.05, 0) is 51.4 Å². The Hall–Kier alpha value is -0.0800. The van der Waals surface area contributed by atoms with Crippen LogP contribution in [0.25, 0.3) is 0 Å². The number of piperazine rings is 1. The van der Waals surface area contributed by atoms with Gasteiger partial charge in [0.1, 0.15) is 0 Å². The Labute approximate surface area is 133 Å². The van der Waals surface area contributed by atoms with Crippen molar-refractivity contribution in [3.05, 3.63) is 0 Å². The monoisotopic (exact) mass is 294 g/mol. The number of rotatable bonds is 3. The van der Waals surface area contributed by atoms with Gasteiger partial charge in [0.05, 0.1) is 0 Å². The van der Waals surface area contributed by atoms with Crippen molar-refractivity contribution in [1.29, 1.82) is 0 Å². The van der Waals surface area contributed by atoms with E-state index in [-0.39, 0.29) is 0 Å². The number of hydrogen-bond acceptors (Lipinski definition) is 2. The molecule has 1 saturated carbocycles. The summed E-state index contributed by atoms with van der Waals surface area (Å²) in [6, 6.07) is 1.38. The molecule has 0 bridgehead atoms. The normalized spacial score (nSPS) is 30.6. The summed E-state index contributed by atoms with van der Waals surface area (Å²) in [4.78, 5) is 2.80. The smallest absolute Gasteiger partial charge is 0.0224 e. The van der Waals surface area contributed by atoms with Crippen molar-refractivity contribution in [1.82, 2.24) is 10.2 Å². The molecule has 0 spiro atoms. The molecule has 2 aliphatic rings. The Morgan fingerprint density at radius 2 is 1.62 bits per heavy atom. The molecule has 1 saturated heterocycles. The van der Waals surface area contributed by atoms with Gasteiger partial charge < -0.3 is 5.32 Å². The van der Waals surface area contributed by atoms with E-state index in [0.717, 1.165) is 18.5 Å². The topological polar surface area (TPSA) is 15.3 Å². The highest BCUT2D eigenvalue weighted by atomic mass is 15.3. The summed E-state index contributed by atoms with van der Waals surface area (Å²) in [5, 5.41) is 3.86. The quantitative estimate of drug-likeness (QED) is 0.827. The number of hydrogen-bond donors (Lipinski definition) is 1. The van der Waals surface area contributed by atoms with E-state index in [1.807, 2.05) is 0 Å². The molecular formula is C19H38N2. The van der Waals surface area contributed by atoms with Gasteiger partial charge >= 0.3 is 0 Å². The number of nitrogens with zero attached hydrogens (tertiary/aromatic N) is 1. The molecule has 1 heterocycles. The van der Waals surface area contributed by atoms with Crippen LogP contribution in [0.5, 0.6) is 0 Å². The molecule has 1 aliphatic heterocycles. The molecule has 1 aliphatic carbocycles. The van der Waals surface area contributed by atoms with Crippen LogP contribution in [-0.4, -0.2) is 35.6 Å². The van der Waals surface area contributed by atoms with Crippen molar-refractivity contribution < 1.29 is 0 Å². The minimum Gasteiger partial charge on any atom is -0.311 e. The van der Waals surface area contributed by atoms with Crippen molar-refractivity contribution in [2.24, 2.45) is 11.3 Å². The Kier molecular flexibility index (Phi) is 5.41. The molecule has 0 radical (unpaired) electrons. The minimum absolute atomic E-state index is 0.298. The Bertz CT molecular complexity index is 323. The third-order valence-electron chi connectivity index (χ3n) is 5.56. The average Bonchev–Trinajstić information content (AvgIpc) is 2.37. The first-order chi connectivity index (χ1) is 9.69.